The molecule has 19 heavy (non-hydrogen) atoms. The van der Waals surface area contributed by atoms with Crippen LogP contribution in [0.4, 0.5) is 5.69 Å². The molecule has 1 aromatic rings. The lowest BCUT2D eigenvalue weighted by atomic mass is 10.1. The molecule has 0 amide bonds. The molecule has 0 radical (unpaired) electrons. The summed E-state index contributed by atoms with van der Waals surface area (Å²) in [5.74, 6) is 0. The van der Waals surface area contributed by atoms with Gasteiger partial charge in [-0.1, -0.05) is 28.9 Å². The molecular formula is C15H24BrN3. The van der Waals surface area contributed by atoms with Crippen LogP contribution in [0, 0.1) is 0 Å². The van der Waals surface area contributed by atoms with Crippen LogP contribution in [0.5, 0.6) is 0 Å². The Kier molecular flexibility index (Phi) is 5.67. The van der Waals surface area contributed by atoms with Crippen LogP contribution in [0.15, 0.2) is 22.7 Å². The Morgan fingerprint density at radius 1 is 1.21 bits per heavy atom. The Bertz CT molecular complexity index is 408. The standard InChI is InChI=1S/C15H24BrN3/c1-3-17-12-13-5-6-14(16)11-15(13)19-8-4-7-18(2)9-10-19/h5-6,11,17H,3-4,7-10,12H2,1-2H3. The number of rotatable bonds is 4. The minimum absolute atomic E-state index is 0.950. The van der Waals surface area contributed by atoms with Gasteiger partial charge >= 0.3 is 0 Å². The lowest BCUT2D eigenvalue weighted by Gasteiger charge is -2.26. The van der Waals surface area contributed by atoms with Crippen LogP contribution in [0.3, 0.4) is 0 Å². The molecule has 1 saturated heterocycles. The summed E-state index contributed by atoms with van der Waals surface area (Å²) in [6, 6.07) is 6.63. The molecule has 0 spiro atoms. The number of benzene rings is 1. The number of hydrogen-bond acceptors (Lipinski definition) is 3. The summed E-state index contributed by atoms with van der Waals surface area (Å²) in [5, 5.41) is 3.44. The molecule has 1 aromatic carbocycles. The molecule has 0 aromatic heterocycles. The van der Waals surface area contributed by atoms with Crippen LogP contribution in [0.1, 0.15) is 18.9 Å². The highest BCUT2D eigenvalue weighted by molar-refractivity contribution is 9.10. The highest BCUT2D eigenvalue weighted by Gasteiger charge is 2.15. The van der Waals surface area contributed by atoms with Crippen molar-refractivity contribution < 1.29 is 0 Å². The maximum atomic E-state index is 3.61. The number of nitrogens with one attached hydrogen (secondary N) is 1. The summed E-state index contributed by atoms with van der Waals surface area (Å²) in [6.45, 7) is 8.73. The van der Waals surface area contributed by atoms with Crippen molar-refractivity contribution in [3.63, 3.8) is 0 Å². The highest BCUT2D eigenvalue weighted by atomic mass is 79.9. The third-order valence-electron chi connectivity index (χ3n) is 3.67. The van der Waals surface area contributed by atoms with Gasteiger partial charge in [0.2, 0.25) is 0 Å². The van der Waals surface area contributed by atoms with Gasteiger partial charge in [0, 0.05) is 36.3 Å². The molecule has 2 rings (SSSR count). The van der Waals surface area contributed by atoms with E-state index in [2.05, 4.69) is 63.2 Å². The Hall–Kier alpha value is -0.580. The fourth-order valence-corrected chi connectivity index (χ4v) is 2.88. The normalized spacial score (nSPS) is 17.5. The van der Waals surface area contributed by atoms with E-state index in [4.69, 9.17) is 0 Å². The largest absolute Gasteiger partial charge is 0.370 e. The third-order valence-corrected chi connectivity index (χ3v) is 4.17. The van der Waals surface area contributed by atoms with Crippen LogP contribution >= 0.6 is 15.9 Å². The van der Waals surface area contributed by atoms with E-state index in [1.54, 1.807) is 0 Å². The van der Waals surface area contributed by atoms with Gasteiger partial charge in [0.1, 0.15) is 0 Å². The molecule has 4 heteroatoms. The molecule has 1 heterocycles. The Labute approximate surface area is 125 Å². The van der Waals surface area contributed by atoms with Gasteiger partial charge in [0.05, 0.1) is 0 Å². The topological polar surface area (TPSA) is 18.5 Å². The summed E-state index contributed by atoms with van der Waals surface area (Å²) in [6.07, 6.45) is 1.24. The predicted octanol–water partition coefficient (Wildman–Crippen LogP) is 2.70. The van der Waals surface area contributed by atoms with Gasteiger partial charge < -0.3 is 15.1 Å². The number of likely N-dealkylation sites (N-methyl/N-ethyl adjacent to an activating group) is 1. The van der Waals surface area contributed by atoms with E-state index in [-0.39, 0.29) is 0 Å². The van der Waals surface area contributed by atoms with Gasteiger partial charge in [0.15, 0.2) is 0 Å². The second-order valence-corrected chi connectivity index (χ2v) is 6.11. The van der Waals surface area contributed by atoms with E-state index >= 15 is 0 Å². The molecule has 1 aliphatic heterocycles. The van der Waals surface area contributed by atoms with E-state index in [1.165, 1.54) is 28.7 Å². The zero-order chi connectivity index (χ0) is 13.7. The van der Waals surface area contributed by atoms with E-state index in [0.29, 0.717) is 0 Å². The van der Waals surface area contributed by atoms with Crippen molar-refractivity contribution in [3.05, 3.63) is 28.2 Å². The van der Waals surface area contributed by atoms with Crippen molar-refractivity contribution >= 4 is 21.6 Å². The highest BCUT2D eigenvalue weighted by Crippen LogP contribution is 2.26. The van der Waals surface area contributed by atoms with Crippen molar-refractivity contribution in [2.45, 2.75) is 19.9 Å². The number of halogens is 1. The summed E-state index contributed by atoms with van der Waals surface area (Å²) in [5.41, 5.74) is 2.78. The average molecular weight is 326 g/mol. The molecular weight excluding hydrogens is 302 g/mol. The lowest BCUT2D eigenvalue weighted by Crippen LogP contribution is -2.30. The van der Waals surface area contributed by atoms with E-state index in [1.807, 2.05) is 0 Å². The van der Waals surface area contributed by atoms with Crippen LogP contribution < -0.4 is 10.2 Å². The molecule has 0 saturated carbocycles. The third kappa shape index (κ3) is 4.20. The van der Waals surface area contributed by atoms with Gasteiger partial charge in [0.25, 0.3) is 0 Å². The van der Waals surface area contributed by atoms with E-state index in [0.717, 1.165) is 32.7 Å². The molecule has 0 bridgehead atoms. The quantitative estimate of drug-likeness (QED) is 0.918. The summed E-state index contributed by atoms with van der Waals surface area (Å²) in [7, 11) is 2.21. The summed E-state index contributed by atoms with van der Waals surface area (Å²) >= 11 is 3.61. The first-order valence-electron chi connectivity index (χ1n) is 7.13. The van der Waals surface area contributed by atoms with Crippen LogP contribution in [-0.2, 0) is 6.54 Å². The van der Waals surface area contributed by atoms with Crippen LogP contribution in [-0.4, -0.2) is 44.7 Å². The van der Waals surface area contributed by atoms with Crippen LogP contribution in [0.25, 0.3) is 0 Å². The van der Waals surface area contributed by atoms with E-state index in [9.17, 15) is 0 Å². The van der Waals surface area contributed by atoms with Gasteiger partial charge in [-0.25, -0.2) is 0 Å². The number of nitrogens with zero attached hydrogens (tertiary/aromatic N) is 2. The first-order chi connectivity index (χ1) is 9.20. The van der Waals surface area contributed by atoms with Gasteiger partial charge in [-0.05, 0) is 44.3 Å². The molecule has 106 valence electrons. The number of hydrogen-bond donors (Lipinski definition) is 1. The van der Waals surface area contributed by atoms with Crippen molar-refractivity contribution in [2.75, 3.05) is 44.7 Å². The molecule has 3 nitrogen and oxygen atoms in total. The molecule has 0 unspecified atom stereocenters. The first kappa shape index (κ1) is 14.8. The van der Waals surface area contributed by atoms with Crippen molar-refractivity contribution in [1.82, 2.24) is 10.2 Å². The molecule has 0 atom stereocenters. The van der Waals surface area contributed by atoms with Gasteiger partial charge in [-0.2, -0.15) is 0 Å². The fourth-order valence-electron chi connectivity index (χ4n) is 2.53. The maximum absolute atomic E-state index is 3.61. The molecule has 1 N–H and O–H groups in total. The lowest BCUT2D eigenvalue weighted by molar-refractivity contribution is 0.360. The van der Waals surface area contributed by atoms with Gasteiger partial charge in [-0.3, -0.25) is 0 Å². The smallest absolute Gasteiger partial charge is 0.0423 e. The van der Waals surface area contributed by atoms with Crippen molar-refractivity contribution in [1.29, 1.82) is 0 Å². The van der Waals surface area contributed by atoms with E-state index < -0.39 is 0 Å². The average Bonchev–Trinajstić information content (AvgIpc) is 2.62. The maximum Gasteiger partial charge on any atom is 0.0423 e. The predicted molar refractivity (Wildman–Crippen MR) is 85.8 cm³/mol. The van der Waals surface area contributed by atoms with Crippen molar-refractivity contribution in [3.8, 4) is 0 Å². The Morgan fingerprint density at radius 3 is 2.84 bits per heavy atom. The monoisotopic (exact) mass is 325 g/mol. The second kappa shape index (κ2) is 7.27. The zero-order valence-electron chi connectivity index (χ0n) is 12.0. The first-order valence-corrected chi connectivity index (χ1v) is 7.92. The Balaban J connectivity index is 2.18. The summed E-state index contributed by atoms with van der Waals surface area (Å²) in [4.78, 5) is 4.95. The second-order valence-electron chi connectivity index (χ2n) is 5.20. The fraction of sp³-hybridized carbons (Fsp3) is 0.600. The minimum atomic E-state index is 0.950. The molecule has 0 aliphatic carbocycles. The van der Waals surface area contributed by atoms with Gasteiger partial charge in [-0.15, -0.1) is 0 Å². The zero-order valence-corrected chi connectivity index (χ0v) is 13.5. The van der Waals surface area contributed by atoms with Crippen LogP contribution in [0.2, 0.25) is 0 Å². The SMILES string of the molecule is CCNCc1ccc(Br)cc1N1CCCN(C)CC1. The molecule has 1 fully saturated rings. The van der Waals surface area contributed by atoms with Crippen molar-refractivity contribution in [2.24, 2.45) is 0 Å². The molecule has 1 aliphatic rings. The minimum Gasteiger partial charge on any atom is -0.370 e. The summed E-state index contributed by atoms with van der Waals surface area (Å²) < 4.78 is 1.17. The Morgan fingerprint density at radius 2 is 2.05 bits per heavy atom. The number of anilines is 1.